The summed E-state index contributed by atoms with van der Waals surface area (Å²) in [6.07, 6.45) is 5.92. The van der Waals surface area contributed by atoms with Gasteiger partial charge in [0.1, 0.15) is 5.82 Å². The predicted molar refractivity (Wildman–Crippen MR) is 80.8 cm³/mol. The van der Waals surface area contributed by atoms with Gasteiger partial charge in [-0.05, 0) is 17.9 Å². The van der Waals surface area contributed by atoms with Crippen LogP contribution in [0.4, 0.5) is 0 Å². The smallest absolute Gasteiger partial charge is 0.254 e. The van der Waals surface area contributed by atoms with Crippen molar-refractivity contribution in [1.29, 1.82) is 0 Å². The van der Waals surface area contributed by atoms with E-state index in [4.69, 9.17) is 0 Å². The molecular formula is C15H19N3OS. The zero-order valence-electron chi connectivity index (χ0n) is 11.8. The van der Waals surface area contributed by atoms with E-state index in [0.29, 0.717) is 5.56 Å². The van der Waals surface area contributed by atoms with Crippen molar-refractivity contribution in [3.05, 3.63) is 46.2 Å². The second-order valence-corrected chi connectivity index (χ2v) is 5.55. The number of rotatable bonds is 6. The van der Waals surface area contributed by atoms with E-state index in [1.807, 2.05) is 18.4 Å². The van der Waals surface area contributed by atoms with Crippen LogP contribution < -0.4 is 5.32 Å². The van der Waals surface area contributed by atoms with E-state index in [2.05, 4.69) is 28.3 Å². The number of hydrogen-bond donors (Lipinski definition) is 1. The fourth-order valence-corrected chi connectivity index (χ4v) is 2.77. The van der Waals surface area contributed by atoms with Crippen LogP contribution in [0.5, 0.6) is 0 Å². The highest BCUT2D eigenvalue weighted by atomic mass is 32.1. The monoisotopic (exact) mass is 289 g/mol. The number of aromatic nitrogens is 2. The van der Waals surface area contributed by atoms with Crippen molar-refractivity contribution in [1.82, 2.24) is 15.3 Å². The molecule has 0 bridgehead atoms. The van der Waals surface area contributed by atoms with Crippen molar-refractivity contribution < 1.29 is 4.79 Å². The van der Waals surface area contributed by atoms with Gasteiger partial charge in [-0.2, -0.15) is 0 Å². The summed E-state index contributed by atoms with van der Waals surface area (Å²) >= 11 is 1.67. The molecule has 0 aromatic carbocycles. The van der Waals surface area contributed by atoms with Crippen molar-refractivity contribution in [2.75, 3.05) is 0 Å². The average molecular weight is 289 g/mol. The molecule has 0 aliphatic carbocycles. The second-order valence-electron chi connectivity index (χ2n) is 4.57. The van der Waals surface area contributed by atoms with Crippen LogP contribution in [0.2, 0.25) is 0 Å². The molecule has 0 spiro atoms. The number of nitrogens with one attached hydrogen (secondary N) is 1. The lowest BCUT2D eigenvalue weighted by Gasteiger charge is -2.16. The first-order chi connectivity index (χ1) is 9.74. The number of amides is 1. The highest BCUT2D eigenvalue weighted by molar-refractivity contribution is 7.10. The highest BCUT2D eigenvalue weighted by Gasteiger charge is 2.16. The molecule has 5 heteroatoms. The van der Waals surface area contributed by atoms with E-state index in [1.165, 1.54) is 4.88 Å². The zero-order valence-corrected chi connectivity index (χ0v) is 12.6. The molecule has 1 N–H and O–H groups in total. The van der Waals surface area contributed by atoms with Gasteiger partial charge in [0.2, 0.25) is 0 Å². The molecule has 0 radical (unpaired) electrons. The average Bonchev–Trinajstić information content (AvgIpc) is 3.01. The summed E-state index contributed by atoms with van der Waals surface area (Å²) in [5, 5.41) is 5.10. The lowest BCUT2D eigenvalue weighted by molar-refractivity contribution is 0.0934. The molecule has 0 fully saturated rings. The van der Waals surface area contributed by atoms with E-state index in [1.54, 1.807) is 23.7 Å². The van der Waals surface area contributed by atoms with Crippen LogP contribution >= 0.6 is 11.3 Å². The molecule has 4 nitrogen and oxygen atoms in total. The summed E-state index contributed by atoms with van der Waals surface area (Å²) < 4.78 is 0. The Morgan fingerprint density at radius 1 is 1.35 bits per heavy atom. The summed E-state index contributed by atoms with van der Waals surface area (Å²) in [5.41, 5.74) is 0.514. The lowest BCUT2D eigenvalue weighted by atomic mass is 10.1. The summed E-state index contributed by atoms with van der Waals surface area (Å²) in [6, 6.07) is 4.13. The maximum atomic E-state index is 12.2. The van der Waals surface area contributed by atoms with Crippen LogP contribution in [-0.2, 0) is 6.42 Å². The third-order valence-electron chi connectivity index (χ3n) is 3.05. The molecule has 1 amide bonds. The summed E-state index contributed by atoms with van der Waals surface area (Å²) in [6.45, 7) is 4.11. The molecule has 2 rings (SSSR count). The van der Waals surface area contributed by atoms with Crippen molar-refractivity contribution in [2.45, 2.75) is 39.2 Å². The van der Waals surface area contributed by atoms with E-state index < -0.39 is 0 Å². The maximum absolute atomic E-state index is 12.2. The topological polar surface area (TPSA) is 54.9 Å². The number of aryl methyl sites for hydroxylation is 1. The Hall–Kier alpha value is -1.75. The molecule has 2 heterocycles. The van der Waals surface area contributed by atoms with Crippen LogP contribution in [0.15, 0.2) is 29.9 Å². The Morgan fingerprint density at radius 2 is 2.10 bits per heavy atom. The first-order valence-corrected chi connectivity index (χ1v) is 7.77. The van der Waals surface area contributed by atoms with Gasteiger partial charge in [0, 0.05) is 23.7 Å². The molecule has 106 valence electrons. The number of carbonyl (C=O) groups is 1. The van der Waals surface area contributed by atoms with Crippen molar-refractivity contribution >= 4 is 17.2 Å². The lowest BCUT2D eigenvalue weighted by Crippen LogP contribution is -2.28. The molecule has 0 aliphatic rings. The third kappa shape index (κ3) is 3.63. The number of thiophene rings is 1. The highest BCUT2D eigenvalue weighted by Crippen LogP contribution is 2.23. The van der Waals surface area contributed by atoms with E-state index in [0.717, 1.165) is 25.1 Å². The fraction of sp³-hybridized carbons (Fsp3) is 0.400. The Morgan fingerprint density at radius 3 is 2.65 bits per heavy atom. The largest absolute Gasteiger partial charge is 0.344 e. The molecule has 0 saturated heterocycles. The van der Waals surface area contributed by atoms with Crippen molar-refractivity contribution in [3.63, 3.8) is 0 Å². The second kappa shape index (κ2) is 7.14. The zero-order chi connectivity index (χ0) is 14.4. The number of nitrogens with zero attached hydrogens (tertiary/aromatic N) is 2. The minimum Gasteiger partial charge on any atom is -0.344 e. The van der Waals surface area contributed by atoms with Gasteiger partial charge in [0.25, 0.3) is 5.91 Å². The van der Waals surface area contributed by atoms with Gasteiger partial charge in [0.15, 0.2) is 0 Å². The summed E-state index contributed by atoms with van der Waals surface area (Å²) in [4.78, 5) is 21.8. The van der Waals surface area contributed by atoms with E-state index in [-0.39, 0.29) is 11.9 Å². The van der Waals surface area contributed by atoms with Gasteiger partial charge in [-0.1, -0.05) is 26.3 Å². The Balaban J connectivity index is 2.07. The quantitative estimate of drug-likeness (QED) is 0.887. The maximum Gasteiger partial charge on any atom is 0.254 e. The van der Waals surface area contributed by atoms with Gasteiger partial charge < -0.3 is 5.32 Å². The fourth-order valence-electron chi connectivity index (χ4n) is 1.96. The number of hydrogen-bond acceptors (Lipinski definition) is 4. The molecule has 1 unspecified atom stereocenters. The molecule has 1 atom stereocenters. The van der Waals surface area contributed by atoms with Crippen LogP contribution in [-0.4, -0.2) is 15.9 Å². The first-order valence-electron chi connectivity index (χ1n) is 6.89. The predicted octanol–water partition coefficient (Wildman–Crippen LogP) is 3.37. The minimum atomic E-state index is -0.112. The molecule has 20 heavy (non-hydrogen) atoms. The summed E-state index contributed by atoms with van der Waals surface area (Å²) in [5.74, 6) is 0.643. The van der Waals surface area contributed by atoms with Crippen LogP contribution in [0, 0.1) is 0 Å². The van der Waals surface area contributed by atoms with E-state index in [9.17, 15) is 4.79 Å². The van der Waals surface area contributed by atoms with Crippen LogP contribution in [0.3, 0.4) is 0 Å². The van der Waals surface area contributed by atoms with Gasteiger partial charge in [-0.3, -0.25) is 4.79 Å². The van der Waals surface area contributed by atoms with Crippen LogP contribution in [0.25, 0.3) is 0 Å². The molecule has 0 saturated carbocycles. The van der Waals surface area contributed by atoms with Gasteiger partial charge in [-0.25, -0.2) is 9.97 Å². The molecule has 0 aliphatic heterocycles. The summed E-state index contributed by atoms with van der Waals surface area (Å²) in [7, 11) is 0. The molecule has 2 aromatic rings. The number of carbonyl (C=O) groups excluding carboxylic acids is 1. The SMILES string of the molecule is CCCC(NC(=O)c1cnc(CC)nc1)c1cccs1. The molecule has 2 aromatic heterocycles. The van der Waals surface area contributed by atoms with Crippen molar-refractivity contribution in [2.24, 2.45) is 0 Å². The normalized spacial score (nSPS) is 12.1. The first kappa shape index (κ1) is 14.7. The van der Waals surface area contributed by atoms with Gasteiger partial charge in [0.05, 0.1) is 11.6 Å². The van der Waals surface area contributed by atoms with Crippen LogP contribution in [0.1, 0.15) is 53.8 Å². The Bertz CT molecular complexity index is 537. The standard InChI is InChI=1S/C15H19N3OS/c1-3-6-12(13-7-5-8-20-13)18-15(19)11-9-16-14(4-2)17-10-11/h5,7-10,12H,3-4,6H2,1-2H3,(H,18,19). The van der Waals surface area contributed by atoms with E-state index >= 15 is 0 Å². The third-order valence-corrected chi connectivity index (χ3v) is 4.04. The van der Waals surface area contributed by atoms with Crippen molar-refractivity contribution in [3.8, 4) is 0 Å². The van der Waals surface area contributed by atoms with Gasteiger partial charge in [-0.15, -0.1) is 11.3 Å². The molecular weight excluding hydrogens is 270 g/mol. The van der Waals surface area contributed by atoms with Gasteiger partial charge >= 0.3 is 0 Å². The minimum absolute atomic E-state index is 0.0679. The Kier molecular flexibility index (Phi) is 5.24. The Labute approximate surface area is 123 Å².